The molecule has 1 heterocycles. The Bertz CT molecular complexity index is 823. The van der Waals surface area contributed by atoms with Crippen molar-refractivity contribution in [3.05, 3.63) is 71.6 Å². The fourth-order valence-electron chi connectivity index (χ4n) is 3.15. The van der Waals surface area contributed by atoms with Gasteiger partial charge in [0.2, 0.25) is 5.91 Å². The van der Waals surface area contributed by atoms with Gasteiger partial charge >= 0.3 is 0 Å². The van der Waals surface area contributed by atoms with Crippen LogP contribution in [0.4, 0.5) is 10.1 Å². The normalized spacial score (nSPS) is 18.2. The molecule has 1 aliphatic heterocycles. The number of morpholine rings is 1. The molecule has 0 aromatic heterocycles. The lowest BCUT2D eigenvalue weighted by molar-refractivity contribution is -0.117. The van der Waals surface area contributed by atoms with Crippen LogP contribution in [0.5, 0.6) is 0 Å². The number of carbonyl (C=O) groups is 1. The first kappa shape index (κ1) is 20.0. The Kier molecular flexibility index (Phi) is 6.79. The minimum absolute atomic E-state index is 0.00302. The molecule has 2 aromatic rings. The van der Waals surface area contributed by atoms with E-state index < -0.39 is 0 Å². The monoisotopic (exact) mass is 384 g/mol. The zero-order valence-corrected chi connectivity index (χ0v) is 15.8. The summed E-state index contributed by atoms with van der Waals surface area (Å²) >= 11 is 0. The van der Waals surface area contributed by atoms with Crippen LogP contribution in [0.15, 0.2) is 54.6 Å². The van der Waals surface area contributed by atoms with Gasteiger partial charge in [0.05, 0.1) is 25.4 Å². The summed E-state index contributed by atoms with van der Waals surface area (Å²) in [7, 11) is 0. The first-order chi connectivity index (χ1) is 13.5. The number of amides is 1. The molecule has 1 aliphatic rings. The molecule has 1 unspecified atom stereocenters. The zero-order valence-electron chi connectivity index (χ0n) is 15.8. The summed E-state index contributed by atoms with van der Waals surface area (Å²) in [5, 5.41) is 12.3. The largest absolute Gasteiger partial charge is 0.394 e. The Morgan fingerprint density at radius 2 is 2.14 bits per heavy atom. The molecular weight excluding hydrogens is 359 g/mol. The number of carbonyl (C=O) groups excluding carboxylic acids is 1. The second-order valence-electron chi connectivity index (χ2n) is 6.83. The molecule has 2 atom stereocenters. The van der Waals surface area contributed by atoms with E-state index in [1.165, 1.54) is 18.2 Å². The Balaban J connectivity index is 1.61. The van der Waals surface area contributed by atoms with Crippen LogP contribution in [0.3, 0.4) is 0 Å². The molecule has 0 radical (unpaired) electrons. The number of halogens is 1. The lowest BCUT2D eigenvalue weighted by Gasteiger charge is -2.34. The van der Waals surface area contributed by atoms with Gasteiger partial charge in [-0.3, -0.25) is 4.79 Å². The maximum atomic E-state index is 12.9. The molecule has 2 aromatic carbocycles. The van der Waals surface area contributed by atoms with E-state index in [2.05, 4.69) is 10.2 Å². The molecule has 0 bridgehead atoms. The highest BCUT2D eigenvalue weighted by molar-refractivity contribution is 5.92. The van der Waals surface area contributed by atoms with E-state index in [1.807, 2.05) is 31.2 Å². The minimum atomic E-state index is -0.305. The maximum absolute atomic E-state index is 12.9. The topological polar surface area (TPSA) is 61.8 Å². The first-order valence-electron chi connectivity index (χ1n) is 9.36. The number of rotatable bonds is 6. The Labute approximate surface area is 164 Å². The smallest absolute Gasteiger partial charge is 0.244 e. The summed E-state index contributed by atoms with van der Waals surface area (Å²) < 4.78 is 18.4. The van der Waals surface area contributed by atoms with Crippen LogP contribution in [-0.2, 0) is 9.53 Å². The van der Waals surface area contributed by atoms with Gasteiger partial charge in [-0.05, 0) is 48.4 Å². The second kappa shape index (κ2) is 9.48. The van der Waals surface area contributed by atoms with Crippen LogP contribution in [0, 0.1) is 5.82 Å². The van der Waals surface area contributed by atoms with Crippen LogP contribution >= 0.6 is 0 Å². The van der Waals surface area contributed by atoms with Gasteiger partial charge in [0, 0.05) is 24.9 Å². The molecule has 2 N–H and O–H groups in total. The third-order valence-corrected chi connectivity index (χ3v) is 4.73. The third kappa shape index (κ3) is 5.41. The molecule has 1 fully saturated rings. The van der Waals surface area contributed by atoms with E-state index in [0.29, 0.717) is 13.2 Å². The molecule has 5 nitrogen and oxygen atoms in total. The lowest BCUT2D eigenvalue weighted by atomic mass is 10.1. The predicted molar refractivity (Wildman–Crippen MR) is 107 cm³/mol. The van der Waals surface area contributed by atoms with Gasteiger partial charge < -0.3 is 20.1 Å². The van der Waals surface area contributed by atoms with Crippen molar-refractivity contribution in [1.82, 2.24) is 5.32 Å². The highest BCUT2D eigenvalue weighted by Gasteiger charge is 2.20. The van der Waals surface area contributed by atoms with Crippen molar-refractivity contribution < 1.29 is 19.0 Å². The van der Waals surface area contributed by atoms with Crippen LogP contribution < -0.4 is 10.2 Å². The van der Waals surface area contributed by atoms with E-state index in [4.69, 9.17) is 4.74 Å². The molecule has 6 heteroatoms. The molecule has 148 valence electrons. The SMILES string of the molecule is C[C@@H](NC(=O)/C=C/c1ccc(F)cc1)c1cccc(N2CCOC(CO)C2)c1. The van der Waals surface area contributed by atoms with Gasteiger partial charge in [0.15, 0.2) is 0 Å². The summed E-state index contributed by atoms with van der Waals surface area (Å²) in [6.07, 6.45) is 2.92. The van der Waals surface area contributed by atoms with Crippen LogP contribution in [-0.4, -0.2) is 43.4 Å². The Morgan fingerprint density at radius 1 is 1.36 bits per heavy atom. The molecular formula is C22H25FN2O3. The van der Waals surface area contributed by atoms with Crippen molar-refractivity contribution in [1.29, 1.82) is 0 Å². The molecule has 1 saturated heterocycles. The summed E-state index contributed by atoms with van der Waals surface area (Å²) in [4.78, 5) is 14.4. The van der Waals surface area contributed by atoms with Crippen molar-refractivity contribution >= 4 is 17.7 Å². The average molecular weight is 384 g/mol. The molecule has 0 spiro atoms. The molecule has 1 amide bonds. The number of aliphatic hydroxyl groups excluding tert-OH is 1. The second-order valence-corrected chi connectivity index (χ2v) is 6.83. The van der Waals surface area contributed by atoms with Crippen molar-refractivity contribution in [3.63, 3.8) is 0 Å². The molecule has 3 rings (SSSR count). The van der Waals surface area contributed by atoms with E-state index in [9.17, 15) is 14.3 Å². The molecule has 28 heavy (non-hydrogen) atoms. The summed E-state index contributed by atoms with van der Waals surface area (Å²) in [5.74, 6) is -0.519. The highest BCUT2D eigenvalue weighted by Crippen LogP contribution is 2.22. The fraction of sp³-hybridized carbons (Fsp3) is 0.318. The van der Waals surface area contributed by atoms with E-state index in [-0.39, 0.29) is 30.5 Å². The Morgan fingerprint density at radius 3 is 2.89 bits per heavy atom. The van der Waals surface area contributed by atoms with E-state index >= 15 is 0 Å². The lowest BCUT2D eigenvalue weighted by Crippen LogP contribution is -2.44. The average Bonchev–Trinajstić information content (AvgIpc) is 2.73. The fourth-order valence-corrected chi connectivity index (χ4v) is 3.15. The summed E-state index contributed by atoms with van der Waals surface area (Å²) in [6, 6.07) is 13.8. The third-order valence-electron chi connectivity index (χ3n) is 4.73. The van der Waals surface area contributed by atoms with Crippen molar-refractivity contribution in [2.24, 2.45) is 0 Å². The molecule has 0 saturated carbocycles. The maximum Gasteiger partial charge on any atom is 0.244 e. The zero-order chi connectivity index (χ0) is 19.9. The van der Waals surface area contributed by atoms with Crippen LogP contribution in [0.2, 0.25) is 0 Å². The number of ether oxygens (including phenoxy) is 1. The van der Waals surface area contributed by atoms with Gasteiger partial charge in [-0.2, -0.15) is 0 Å². The predicted octanol–water partition coefficient (Wildman–Crippen LogP) is 2.91. The van der Waals surface area contributed by atoms with Gasteiger partial charge in [0.1, 0.15) is 5.82 Å². The van der Waals surface area contributed by atoms with Gasteiger partial charge in [-0.25, -0.2) is 4.39 Å². The number of nitrogens with zero attached hydrogens (tertiary/aromatic N) is 1. The standard InChI is InChI=1S/C22H25FN2O3/c1-16(24-22(27)10-7-17-5-8-19(23)9-6-17)18-3-2-4-20(13-18)25-11-12-28-21(14-25)15-26/h2-10,13,16,21,26H,11-12,14-15H2,1H3,(H,24,27)/b10-7+/t16-,21?/m1/s1. The highest BCUT2D eigenvalue weighted by atomic mass is 19.1. The molecule has 0 aliphatic carbocycles. The van der Waals surface area contributed by atoms with Gasteiger partial charge in [-0.1, -0.05) is 24.3 Å². The van der Waals surface area contributed by atoms with Gasteiger partial charge in [0.25, 0.3) is 0 Å². The summed E-state index contributed by atoms with van der Waals surface area (Å²) in [5.41, 5.74) is 2.80. The van der Waals surface area contributed by atoms with Gasteiger partial charge in [-0.15, -0.1) is 0 Å². The van der Waals surface area contributed by atoms with Crippen molar-refractivity contribution in [3.8, 4) is 0 Å². The first-order valence-corrected chi connectivity index (χ1v) is 9.36. The minimum Gasteiger partial charge on any atom is -0.394 e. The number of anilines is 1. The van der Waals surface area contributed by atoms with Crippen molar-refractivity contribution in [2.45, 2.75) is 19.1 Å². The van der Waals surface area contributed by atoms with Crippen LogP contribution in [0.1, 0.15) is 24.1 Å². The number of nitrogens with one attached hydrogen (secondary N) is 1. The number of aliphatic hydroxyl groups is 1. The van der Waals surface area contributed by atoms with E-state index in [1.54, 1.807) is 18.2 Å². The number of hydrogen-bond donors (Lipinski definition) is 2. The quantitative estimate of drug-likeness (QED) is 0.752. The Hall–Kier alpha value is -2.70. The van der Waals surface area contributed by atoms with Crippen LogP contribution in [0.25, 0.3) is 6.08 Å². The van der Waals surface area contributed by atoms with Crippen molar-refractivity contribution in [2.75, 3.05) is 31.2 Å². The van der Waals surface area contributed by atoms with E-state index in [0.717, 1.165) is 23.4 Å². The summed E-state index contributed by atoms with van der Waals surface area (Å²) in [6.45, 7) is 3.92. The number of benzene rings is 2. The number of hydrogen-bond acceptors (Lipinski definition) is 4.